The molecular weight excluding hydrogens is 290 g/mol. The number of H-pyrrole nitrogens is 1. The third-order valence-corrected chi connectivity index (χ3v) is 5.47. The van der Waals surface area contributed by atoms with Crippen molar-refractivity contribution < 1.29 is 13.2 Å². The zero-order valence-electron chi connectivity index (χ0n) is 11.7. The lowest BCUT2D eigenvalue weighted by molar-refractivity contribution is -0.116. The van der Waals surface area contributed by atoms with Crippen molar-refractivity contribution in [2.75, 3.05) is 24.2 Å². The van der Waals surface area contributed by atoms with Gasteiger partial charge in [-0.15, -0.1) is 0 Å². The number of aromatic nitrogens is 1. The third-order valence-electron chi connectivity index (χ3n) is 3.56. The van der Waals surface area contributed by atoms with Gasteiger partial charge in [-0.3, -0.25) is 4.79 Å². The lowest BCUT2D eigenvalue weighted by Crippen LogP contribution is -2.34. The molecule has 2 N–H and O–H groups in total. The van der Waals surface area contributed by atoms with Crippen LogP contribution in [0.15, 0.2) is 24.3 Å². The smallest absolute Gasteiger partial charge is 0.239 e. The molecule has 0 aliphatic carbocycles. The highest BCUT2D eigenvalue weighted by atomic mass is 32.2. The zero-order chi connectivity index (χ0) is 15.0. The molecule has 1 fully saturated rings. The maximum absolute atomic E-state index is 12.0. The number of carbonyl (C=O) groups is 1. The summed E-state index contributed by atoms with van der Waals surface area (Å²) in [5.41, 5.74) is 2.73. The summed E-state index contributed by atoms with van der Waals surface area (Å²) in [6.07, 6.45) is 0.587. The van der Waals surface area contributed by atoms with Crippen molar-refractivity contribution in [2.45, 2.75) is 13.3 Å². The number of amides is 1. The summed E-state index contributed by atoms with van der Waals surface area (Å²) in [6.45, 7) is 2.27. The molecule has 1 aliphatic rings. The maximum Gasteiger partial charge on any atom is 0.239 e. The first-order valence-corrected chi connectivity index (χ1v) is 8.42. The molecule has 2 aromatic rings. The normalized spacial score (nSPS) is 18.1. The Bertz CT molecular complexity index is 795. The molecule has 1 aromatic carbocycles. The quantitative estimate of drug-likeness (QED) is 0.900. The van der Waals surface area contributed by atoms with E-state index in [-0.39, 0.29) is 18.2 Å². The molecule has 0 unspecified atom stereocenters. The molecule has 1 amide bonds. The monoisotopic (exact) mass is 307 g/mol. The van der Waals surface area contributed by atoms with Gasteiger partial charge in [0.15, 0.2) is 0 Å². The molecule has 1 saturated heterocycles. The molecule has 0 atom stereocenters. The van der Waals surface area contributed by atoms with Crippen LogP contribution in [-0.2, 0) is 14.8 Å². The first-order chi connectivity index (χ1) is 9.94. The Kier molecular flexibility index (Phi) is 3.46. The lowest BCUT2D eigenvalue weighted by atomic mass is 10.2. The van der Waals surface area contributed by atoms with Gasteiger partial charge in [-0.2, -0.15) is 4.31 Å². The number of hydrogen-bond acceptors (Lipinski definition) is 3. The predicted octanol–water partition coefficient (Wildman–Crippen LogP) is 1.45. The first kappa shape index (κ1) is 14.1. The zero-order valence-corrected chi connectivity index (χ0v) is 12.5. The molecule has 0 radical (unpaired) electrons. The lowest BCUT2D eigenvalue weighted by Gasteiger charge is -2.13. The fourth-order valence-corrected chi connectivity index (χ4v) is 4.06. The van der Waals surface area contributed by atoms with Crippen molar-refractivity contribution in [3.8, 4) is 0 Å². The number of nitrogens with one attached hydrogen (secondary N) is 2. The first-order valence-electron chi connectivity index (χ1n) is 6.81. The number of benzene rings is 1. The average molecular weight is 307 g/mol. The predicted molar refractivity (Wildman–Crippen MR) is 81.6 cm³/mol. The van der Waals surface area contributed by atoms with E-state index in [0.29, 0.717) is 18.7 Å². The minimum Gasteiger partial charge on any atom is -0.359 e. The summed E-state index contributed by atoms with van der Waals surface area (Å²) in [4.78, 5) is 15.2. The number of fused-ring (bicyclic) bond motifs is 1. The van der Waals surface area contributed by atoms with E-state index in [1.54, 1.807) is 6.07 Å². The second kappa shape index (κ2) is 5.16. The summed E-state index contributed by atoms with van der Waals surface area (Å²) >= 11 is 0. The fraction of sp³-hybridized carbons (Fsp3) is 0.357. The minimum atomic E-state index is -3.24. The molecule has 112 valence electrons. The number of sulfonamides is 1. The van der Waals surface area contributed by atoms with Crippen molar-refractivity contribution in [3.63, 3.8) is 0 Å². The Labute approximate surface area is 123 Å². The number of aromatic amines is 1. The Morgan fingerprint density at radius 3 is 2.90 bits per heavy atom. The van der Waals surface area contributed by atoms with Crippen molar-refractivity contribution in [1.82, 2.24) is 9.29 Å². The van der Waals surface area contributed by atoms with Gasteiger partial charge in [-0.1, -0.05) is 0 Å². The largest absolute Gasteiger partial charge is 0.359 e. The summed E-state index contributed by atoms with van der Waals surface area (Å²) in [7, 11) is -3.24. The number of aryl methyl sites for hydroxylation is 1. The van der Waals surface area contributed by atoms with E-state index >= 15 is 0 Å². The highest BCUT2D eigenvalue weighted by molar-refractivity contribution is 7.89. The van der Waals surface area contributed by atoms with E-state index in [0.717, 1.165) is 16.6 Å². The number of anilines is 1. The van der Waals surface area contributed by atoms with Gasteiger partial charge < -0.3 is 10.3 Å². The number of carbonyl (C=O) groups excluding carboxylic acids is 1. The number of hydrogen-bond donors (Lipinski definition) is 2. The van der Waals surface area contributed by atoms with Crippen molar-refractivity contribution >= 4 is 32.5 Å². The van der Waals surface area contributed by atoms with Gasteiger partial charge >= 0.3 is 0 Å². The second-order valence-corrected chi connectivity index (χ2v) is 7.39. The standard InChI is InChI=1S/C14H17N3O3S/c1-10-7-11-8-12(3-4-13(11)15-10)16-14(18)9-17-5-2-6-21(17,19)20/h3-4,7-8,15H,2,5-6,9H2,1H3,(H,16,18). The van der Waals surface area contributed by atoms with Crippen LogP contribution in [-0.4, -0.2) is 42.5 Å². The van der Waals surface area contributed by atoms with Gasteiger partial charge in [0.25, 0.3) is 0 Å². The number of nitrogens with zero attached hydrogens (tertiary/aromatic N) is 1. The molecule has 6 nitrogen and oxygen atoms in total. The highest BCUT2D eigenvalue weighted by Crippen LogP contribution is 2.20. The molecule has 1 aromatic heterocycles. The van der Waals surface area contributed by atoms with Crippen LogP contribution < -0.4 is 5.32 Å². The van der Waals surface area contributed by atoms with Crippen LogP contribution in [0.25, 0.3) is 10.9 Å². The topological polar surface area (TPSA) is 82.3 Å². The van der Waals surface area contributed by atoms with Crippen LogP contribution in [0.1, 0.15) is 12.1 Å². The van der Waals surface area contributed by atoms with Gasteiger partial charge in [0.05, 0.1) is 12.3 Å². The third kappa shape index (κ3) is 2.93. The summed E-state index contributed by atoms with van der Waals surface area (Å²) < 4.78 is 24.6. The molecule has 2 heterocycles. The second-order valence-electron chi connectivity index (χ2n) is 5.31. The van der Waals surface area contributed by atoms with Crippen LogP contribution in [0, 0.1) is 6.92 Å². The molecule has 21 heavy (non-hydrogen) atoms. The molecule has 1 aliphatic heterocycles. The molecule has 0 spiro atoms. The van der Waals surface area contributed by atoms with Crippen LogP contribution >= 0.6 is 0 Å². The molecular formula is C14H17N3O3S. The van der Waals surface area contributed by atoms with Gasteiger partial charge in [0.2, 0.25) is 15.9 Å². The van der Waals surface area contributed by atoms with Gasteiger partial charge in [0.1, 0.15) is 0 Å². The minimum absolute atomic E-state index is 0.119. The summed E-state index contributed by atoms with van der Waals surface area (Å²) in [5.74, 6) is -0.179. The molecule has 0 saturated carbocycles. The van der Waals surface area contributed by atoms with Crippen LogP contribution in [0.5, 0.6) is 0 Å². The van der Waals surface area contributed by atoms with E-state index in [1.807, 2.05) is 25.1 Å². The van der Waals surface area contributed by atoms with Crippen molar-refractivity contribution in [1.29, 1.82) is 0 Å². The van der Waals surface area contributed by atoms with Crippen LogP contribution in [0.3, 0.4) is 0 Å². The van der Waals surface area contributed by atoms with E-state index in [2.05, 4.69) is 10.3 Å². The Morgan fingerprint density at radius 2 is 2.19 bits per heavy atom. The Balaban J connectivity index is 1.71. The Morgan fingerprint density at radius 1 is 1.38 bits per heavy atom. The van der Waals surface area contributed by atoms with E-state index < -0.39 is 10.0 Å². The number of rotatable bonds is 3. The van der Waals surface area contributed by atoms with Crippen molar-refractivity contribution in [2.24, 2.45) is 0 Å². The fourth-order valence-electron chi connectivity index (χ4n) is 2.59. The molecule has 7 heteroatoms. The van der Waals surface area contributed by atoms with Crippen LogP contribution in [0.2, 0.25) is 0 Å². The molecule has 0 bridgehead atoms. The van der Waals surface area contributed by atoms with Gasteiger partial charge in [-0.25, -0.2) is 8.42 Å². The van der Waals surface area contributed by atoms with E-state index in [9.17, 15) is 13.2 Å². The Hall–Kier alpha value is -1.86. The SMILES string of the molecule is Cc1cc2cc(NC(=O)CN3CCCS3(=O)=O)ccc2[nH]1. The van der Waals surface area contributed by atoms with Crippen molar-refractivity contribution in [3.05, 3.63) is 30.0 Å². The summed E-state index contributed by atoms with van der Waals surface area (Å²) in [5, 5.41) is 3.76. The van der Waals surface area contributed by atoms with Gasteiger partial charge in [-0.05, 0) is 37.6 Å². The van der Waals surface area contributed by atoms with E-state index in [4.69, 9.17) is 0 Å². The van der Waals surface area contributed by atoms with E-state index in [1.165, 1.54) is 4.31 Å². The van der Waals surface area contributed by atoms with Gasteiger partial charge in [0, 0.05) is 28.8 Å². The molecule has 3 rings (SSSR count). The average Bonchev–Trinajstić information content (AvgIpc) is 2.91. The highest BCUT2D eigenvalue weighted by Gasteiger charge is 2.29. The maximum atomic E-state index is 12.0. The summed E-state index contributed by atoms with van der Waals surface area (Å²) in [6, 6.07) is 7.56. The van der Waals surface area contributed by atoms with Crippen LogP contribution in [0.4, 0.5) is 5.69 Å².